The Hall–Kier alpha value is -2.47. The molecule has 0 saturated carbocycles. The van der Waals surface area contributed by atoms with Gasteiger partial charge in [0.1, 0.15) is 11.6 Å². The number of carbonyl (C=O) groups is 1. The molecular weight excluding hydrogens is 309 g/mol. The molecule has 0 unspecified atom stereocenters. The number of unbranched alkanes of at least 4 members (excludes halogenated alkanes) is 3. The topological polar surface area (TPSA) is 77.2 Å². The second-order valence-corrected chi connectivity index (χ2v) is 5.44. The molecule has 2 rings (SSSR count). The summed E-state index contributed by atoms with van der Waals surface area (Å²) in [6.07, 6.45) is 5.93. The van der Waals surface area contributed by atoms with E-state index in [0.717, 1.165) is 25.7 Å². The van der Waals surface area contributed by atoms with Crippen molar-refractivity contribution in [2.75, 3.05) is 11.9 Å². The fourth-order valence-electron chi connectivity index (χ4n) is 2.14. The molecule has 1 heterocycles. The Bertz CT molecular complexity index is 630. The molecule has 24 heavy (non-hydrogen) atoms. The number of aromatic nitrogens is 1. The summed E-state index contributed by atoms with van der Waals surface area (Å²) >= 11 is 0. The van der Waals surface area contributed by atoms with Crippen LogP contribution in [0.5, 0.6) is 11.6 Å². The first-order valence-electron chi connectivity index (χ1n) is 8.07. The van der Waals surface area contributed by atoms with Gasteiger partial charge in [0.05, 0.1) is 11.9 Å². The van der Waals surface area contributed by atoms with E-state index in [1.165, 1.54) is 30.5 Å². The van der Waals surface area contributed by atoms with Gasteiger partial charge in [0.15, 0.2) is 0 Å². The van der Waals surface area contributed by atoms with Crippen LogP contribution >= 0.6 is 0 Å². The Labute approximate surface area is 141 Å². The Morgan fingerprint density at radius 2 is 1.83 bits per heavy atom. The molecule has 5 nitrogen and oxygen atoms in total. The van der Waals surface area contributed by atoms with Crippen molar-refractivity contribution in [2.45, 2.75) is 32.1 Å². The second-order valence-electron chi connectivity index (χ2n) is 5.44. The molecule has 3 N–H and O–H groups in total. The maximum atomic E-state index is 12.8. The van der Waals surface area contributed by atoms with Crippen molar-refractivity contribution in [1.29, 1.82) is 0 Å². The number of pyridine rings is 1. The highest BCUT2D eigenvalue weighted by Gasteiger charge is 2.04. The van der Waals surface area contributed by atoms with Crippen LogP contribution in [0.25, 0.3) is 0 Å². The summed E-state index contributed by atoms with van der Waals surface area (Å²) < 4.78 is 18.3. The van der Waals surface area contributed by atoms with Crippen molar-refractivity contribution in [1.82, 2.24) is 4.98 Å². The van der Waals surface area contributed by atoms with Crippen LogP contribution < -0.4 is 15.8 Å². The maximum Gasteiger partial charge on any atom is 0.224 e. The zero-order valence-corrected chi connectivity index (χ0v) is 13.5. The molecular formula is C18H22FN3O2. The molecule has 0 aliphatic carbocycles. The van der Waals surface area contributed by atoms with Gasteiger partial charge in [0.2, 0.25) is 11.8 Å². The van der Waals surface area contributed by atoms with Gasteiger partial charge in [-0.1, -0.05) is 12.8 Å². The third-order valence-corrected chi connectivity index (χ3v) is 3.41. The first kappa shape index (κ1) is 17.9. The monoisotopic (exact) mass is 331 g/mol. The molecule has 1 aromatic carbocycles. The number of ether oxygens (including phenoxy) is 1. The fourth-order valence-corrected chi connectivity index (χ4v) is 2.14. The molecule has 0 atom stereocenters. The van der Waals surface area contributed by atoms with Crippen molar-refractivity contribution < 1.29 is 13.9 Å². The lowest BCUT2D eigenvalue weighted by Crippen LogP contribution is -2.11. The molecule has 1 amide bonds. The van der Waals surface area contributed by atoms with Crippen LogP contribution in [0.3, 0.4) is 0 Å². The minimum absolute atomic E-state index is 0.0308. The minimum Gasteiger partial charge on any atom is -0.439 e. The van der Waals surface area contributed by atoms with E-state index >= 15 is 0 Å². The summed E-state index contributed by atoms with van der Waals surface area (Å²) in [5.41, 5.74) is 6.05. The van der Waals surface area contributed by atoms with Gasteiger partial charge in [-0.2, -0.15) is 0 Å². The van der Waals surface area contributed by atoms with Crippen molar-refractivity contribution in [3.05, 3.63) is 48.4 Å². The van der Waals surface area contributed by atoms with E-state index in [0.29, 0.717) is 30.3 Å². The molecule has 0 saturated heterocycles. The van der Waals surface area contributed by atoms with E-state index in [9.17, 15) is 9.18 Å². The zero-order chi connectivity index (χ0) is 17.2. The van der Waals surface area contributed by atoms with Crippen LogP contribution in [0, 0.1) is 5.82 Å². The number of nitrogens with zero attached hydrogens (tertiary/aromatic N) is 1. The normalized spacial score (nSPS) is 10.4. The van der Waals surface area contributed by atoms with Gasteiger partial charge in [-0.25, -0.2) is 9.37 Å². The van der Waals surface area contributed by atoms with E-state index in [1.54, 1.807) is 12.1 Å². The number of nitrogens with one attached hydrogen (secondary N) is 1. The number of halogens is 1. The number of carbonyl (C=O) groups excluding carboxylic acids is 1. The average Bonchev–Trinajstić information content (AvgIpc) is 2.58. The van der Waals surface area contributed by atoms with Gasteiger partial charge >= 0.3 is 0 Å². The van der Waals surface area contributed by atoms with Gasteiger partial charge in [-0.3, -0.25) is 4.79 Å². The lowest BCUT2D eigenvalue weighted by atomic mass is 10.1. The molecule has 0 radical (unpaired) electrons. The lowest BCUT2D eigenvalue weighted by Gasteiger charge is -2.07. The third-order valence-electron chi connectivity index (χ3n) is 3.41. The maximum absolute atomic E-state index is 12.8. The Balaban J connectivity index is 1.77. The highest BCUT2D eigenvalue weighted by molar-refractivity contribution is 5.90. The SMILES string of the molecule is NCCCCCCC(=O)Nc1ccc(Oc2ccc(F)cc2)nc1. The highest BCUT2D eigenvalue weighted by Crippen LogP contribution is 2.20. The Kier molecular flexibility index (Phi) is 7.17. The van der Waals surface area contributed by atoms with Crippen LogP contribution in [0.2, 0.25) is 0 Å². The zero-order valence-electron chi connectivity index (χ0n) is 13.5. The van der Waals surface area contributed by atoms with Crippen molar-refractivity contribution in [3.63, 3.8) is 0 Å². The summed E-state index contributed by atoms with van der Waals surface area (Å²) in [6, 6.07) is 9.06. The summed E-state index contributed by atoms with van der Waals surface area (Å²) in [7, 11) is 0. The predicted octanol–water partition coefficient (Wildman–Crippen LogP) is 3.86. The molecule has 0 bridgehead atoms. The minimum atomic E-state index is -0.323. The van der Waals surface area contributed by atoms with Gasteiger partial charge in [0, 0.05) is 12.5 Å². The first-order chi connectivity index (χ1) is 11.7. The van der Waals surface area contributed by atoms with Gasteiger partial charge in [0.25, 0.3) is 0 Å². The number of hydrogen-bond donors (Lipinski definition) is 2. The van der Waals surface area contributed by atoms with Crippen LogP contribution in [0.4, 0.5) is 10.1 Å². The highest BCUT2D eigenvalue weighted by atomic mass is 19.1. The van der Waals surface area contributed by atoms with Crippen molar-refractivity contribution >= 4 is 11.6 Å². The molecule has 2 aromatic rings. The largest absolute Gasteiger partial charge is 0.439 e. The van der Waals surface area contributed by atoms with Gasteiger partial charge in [-0.15, -0.1) is 0 Å². The van der Waals surface area contributed by atoms with E-state index < -0.39 is 0 Å². The van der Waals surface area contributed by atoms with Crippen LogP contribution in [-0.2, 0) is 4.79 Å². The van der Waals surface area contributed by atoms with Crippen LogP contribution in [0.1, 0.15) is 32.1 Å². The molecule has 128 valence electrons. The van der Waals surface area contributed by atoms with Gasteiger partial charge < -0.3 is 15.8 Å². The third kappa shape index (κ3) is 6.34. The van der Waals surface area contributed by atoms with E-state index in [-0.39, 0.29) is 11.7 Å². The smallest absolute Gasteiger partial charge is 0.224 e. The molecule has 0 fully saturated rings. The number of benzene rings is 1. The van der Waals surface area contributed by atoms with Gasteiger partial charge in [-0.05, 0) is 49.7 Å². The Morgan fingerprint density at radius 3 is 2.50 bits per heavy atom. The fraction of sp³-hybridized carbons (Fsp3) is 0.333. The molecule has 0 aliphatic rings. The lowest BCUT2D eigenvalue weighted by molar-refractivity contribution is -0.116. The number of nitrogens with two attached hydrogens (primary N) is 1. The summed E-state index contributed by atoms with van der Waals surface area (Å²) in [4.78, 5) is 15.9. The molecule has 0 spiro atoms. The van der Waals surface area contributed by atoms with E-state index in [2.05, 4.69) is 10.3 Å². The van der Waals surface area contributed by atoms with Crippen molar-refractivity contribution in [2.24, 2.45) is 5.73 Å². The molecule has 1 aromatic heterocycles. The number of rotatable bonds is 9. The average molecular weight is 331 g/mol. The number of anilines is 1. The first-order valence-corrected chi connectivity index (χ1v) is 8.07. The standard InChI is InChI=1S/C18H22FN3O2/c19-14-6-9-16(10-7-14)24-18-11-8-15(13-21-18)22-17(23)5-3-1-2-4-12-20/h6-11,13H,1-5,12,20H2,(H,22,23). The Morgan fingerprint density at radius 1 is 1.08 bits per heavy atom. The molecule has 6 heteroatoms. The molecule has 0 aliphatic heterocycles. The number of hydrogen-bond acceptors (Lipinski definition) is 4. The summed E-state index contributed by atoms with van der Waals surface area (Å²) in [5.74, 6) is 0.521. The van der Waals surface area contributed by atoms with Crippen molar-refractivity contribution in [3.8, 4) is 11.6 Å². The summed E-state index contributed by atoms with van der Waals surface area (Å²) in [5, 5.41) is 2.80. The van der Waals surface area contributed by atoms with Crippen LogP contribution in [-0.4, -0.2) is 17.4 Å². The number of amides is 1. The summed E-state index contributed by atoms with van der Waals surface area (Å²) in [6.45, 7) is 0.699. The second kappa shape index (κ2) is 9.62. The quantitative estimate of drug-likeness (QED) is 0.684. The van der Waals surface area contributed by atoms with E-state index in [4.69, 9.17) is 10.5 Å². The van der Waals surface area contributed by atoms with Crippen LogP contribution in [0.15, 0.2) is 42.6 Å². The van der Waals surface area contributed by atoms with E-state index in [1.807, 2.05) is 0 Å². The predicted molar refractivity (Wildman–Crippen MR) is 91.5 cm³/mol.